The van der Waals surface area contributed by atoms with Crippen molar-refractivity contribution in [1.29, 1.82) is 0 Å². The summed E-state index contributed by atoms with van der Waals surface area (Å²) in [5.41, 5.74) is 8.22. The summed E-state index contributed by atoms with van der Waals surface area (Å²) in [5.74, 6) is 0.608. The van der Waals surface area contributed by atoms with Crippen LogP contribution in [0.15, 0.2) is 12.4 Å². The molecule has 2 amide bonds. The van der Waals surface area contributed by atoms with Crippen molar-refractivity contribution >= 4 is 29.2 Å². The second-order valence-electron chi connectivity index (χ2n) is 8.03. The minimum absolute atomic E-state index is 0.0547. The average Bonchev–Trinajstić information content (AvgIpc) is 3.22. The van der Waals surface area contributed by atoms with Crippen molar-refractivity contribution in [1.82, 2.24) is 30.0 Å². The van der Waals surface area contributed by atoms with Crippen molar-refractivity contribution in [2.75, 3.05) is 18.8 Å². The van der Waals surface area contributed by atoms with Gasteiger partial charge in [0, 0.05) is 37.1 Å². The van der Waals surface area contributed by atoms with Gasteiger partial charge in [0.1, 0.15) is 11.9 Å². The molecule has 31 heavy (non-hydrogen) atoms. The van der Waals surface area contributed by atoms with Gasteiger partial charge in [0.05, 0.1) is 11.8 Å². The Hall–Kier alpha value is -2.68. The number of nitrogens with two attached hydrogens (primary N) is 1. The molecule has 9 nitrogen and oxygen atoms in total. The molecule has 1 saturated heterocycles. The number of hydrogen-bond acceptors (Lipinski definition) is 6. The molecule has 3 heterocycles. The summed E-state index contributed by atoms with van der Waals surface area (Å²) in [6.45, 7) is 7.62. The average molecular weight is 448 g/mol. The normalized spacial score (nSPS) is 15.7. The fourth-order valence-corrected chi connectivity index (χ4v) is 4.17. The van der Waals surface area contributed by atoms with E-state index < -0.39 is 6.04 Å². The number of rotatable bonds is 7. The van der Waals surface area contributed by atoms with Crippen LogP contribution in [0.4, 0.5) is 5.82 Å². The molecule has 10 heteroatoms. The van der Waals surface area contributed by atoms with Crippen LogP contribution in [-0.4, -0.2) is 55.6 Å². The summed E-state index contributed by atoms with van der Waals surface area (Å²) in [5, 5.41) is 7.05. The number of aryl methyl sites for hydroxylation is 2. The van der Waals surface area contributed by atoms with E-state index in [1.54, 1.807) is 17.8 Å². The predicted octanol–water partition coefficient (Wildman–Crippen LogP) is 2.23. The van der Waals surface area contributed by atoms with E-state index in [1.165, 1.54) is 6.20 Å². The Bertz CT molecular complexity index is 915. The standard InChI is InChI=1S/C21H30ClN7O2/c1-4-29-12-16(11-24-29)19(30)25-14(3)20(31)28-9-7-15(8-10-28)5-6-17-13(2)26-21(22)27-18(17)23/h11-12,14-15H,4-10H2,1-3H3,(H,25,30)(H2,23,26,27)/t14-/m0/s1. The first-order valence-electron chi connectivity index (χ1n) is 10.7. The molecule has 1 aliphatic rings. The van der Waals surface area contributed by atoms with Crippen molar-refractivity contribution in [3.8, 4) is 0 Å². The number of aromatic nitrogens is 4. The summed E-state index contributed by atoms with van der Waals surface area (Å²) in [4.78, 5) is 35.2. The predicted molar refractivity (Wildman–Crippen MR) is 119 cm³/mol. The highest BCUT2D eigenvalue weighted by Gasteiger charge is 2.27. The second kappa shape index (κ2) is 10.1. The summed E-state index contributed by atoms with van der Waals surface area (Å²) in [7, 11) is 0. The van der Waals surface area contributed by atoms with E-state index in [-0.39, 0.29) is 17.1 Å². The van der Waals surface area contributed by atoms with Crippen LogP contribution < -0.4 is 11.1 Å². The van der Waals surface area contributed by atoms with E-state index in [1.807, 2.05) is 18.7 Å². The van der Waals surface area contributed by atoms with Gasteiger partial charge in [-0.1, -0.05) is 0 Å². The maximum atomic E-state index is 12.8. The molecule has 0 saturated carbocycles. The Morgan fingerprint density at radius 3 is 2.65 bits per heavy atom. The number of anilines is 1. The molecule has 0 bridgehead atoms. The molecule has 0 aliphatic carbocycles. The lowest BCUT2D eigenvalue weighted by molar-refractivity contribution is -0.134. The van der Waals surface area contributed by atoms with Crippen LogP contribution in [0.1, 0.15) is 54.7 Å². The molecule has 3 N–H and O–H groups in total. The Morgan fingerprint density at radius 2 is 2.03 bits per heavy atom. The monoisotopic (exact) mass is 447 g/mol. The minimum atomic E-state index is -0.581. The fourth-order valence-electron chi connectivity index (χ4n) is 3.95. The van der Waals surface area contributed by atoms with E-state index in [4.69, 9.17) is 17.3 Å². The molecule has 0 unspecified atom stereocenters. The van der Waals surface area contributed by atoms with Gasteiger partial charge in [-0.05, 0) is 64.0 Å². The van der Waals surface area contributed by atoms with E-state index in [0.29, 0.717) is 36.9 Å². The highest BCUT2D eigenvalue weighted by atomic mass is 35.5. The van der Waals surface area contributed by atoms with Crippen molar-refractivity contribution in [3.63, 3.8) is 0 Å². The maximum Gasteiger partial charge on any atom is 0.255 e. The SMILES string of the molecule is CCn1cc(C(=O)N[C@@H](C)C(=O)N2CCC(CCc3c(C)nc(Cl)nc3N)CC2)cn1. The Labute approximate surface area is 187 Å². The number of piperidine rings is 1. The van der Waals surface area contributed by atoms with Crippen LogP contribution in [0.5, 0.6) is 0 Å². The molecule has 0 radical (unpaired) electrons. The summed E-state index contributed by atoms with van der Waals surface area (Å²) in [6.07, 6.45) is 6.79. The minimum Gasteiger partial charge on any atom is -0.383 e. The summed E-state index contributed by atoms with van der Waals surface area (Å²) < 4.78 is 1.68. The molecule has 3 rings (SSSR count). The number of carbonyl (C=O) groups is 2. The number of nitrogen functional groups attached to an aromatic ring is 1. The van der Waals surface area contributed by atoms with Gasteiger partial charge in [0.2, 0.25) is 11.2 Å². The topological polar surface area (TPSA) is 119 Å². The first-order valence-corrected chi connectivity index (χ1v) is 11.1. The van der Waals surface area contributed by atoms with Crippen LogP contribution >= 0.6 is 11.6 Å². The highest BCUT2D eigenvalue weighted by Crippen LogP contribution is 2.25. The molecule has 0 spiro atoms. The number of amides is 2. The van der Waals surface area contributed by atoms with Crippen molar-refractivity contribution < 1.29 is 9.59 Å². The zero-order chi connectivity index (χ0) is 22.5. The molecule has 2 aromatic rings. The number of likely N-dealkylation sites (tertiary alicyclic amines) is 1. The first-order chi connectivity index (χ1) is 14.8. The molecular weight excluding hydrogens is 418 g/mol. The smallest absolute Gasteiger partial charge is 0.255 e. The van der Waals surface area contributed by atoms with Crippen molar-refractivity contribution in [2.24, 2.45) is 5.92 Å². The van der Waals surface area contributed by atoms with Gasteiger partial charge in [-0.25, -0.2) is 9.97 Å². The third-order valence-electron chi connectivity index (χ3n) is 5.88. The summed E-state index contributed by atoms with van der Waals surface area (Å²) >= 11 is 5.85. The van der Waals surface area contributed by atoms with Crippen molar-refractivity contribution in [3.05, 3.63) is 34.5 Å². The molecule has 2 aromatic heterocycles. The van der Waals surface area contributed by atoms with Crippen LogP contribution in [0.3, 0.4) is 0 Å². The molecule has 0 aromatic carbocycles. The number of hydrogen-bond donors (Lipinski definition) is 2. The largest absolute Gasteiger partial charge is 0.383 e. The van der Waals surface area contributed by atoms with Gasteiger partial charge in [-0.15, -0.1) is 0 Å². The van der Waals surface area contributed by atoms with E-state index in [2.05, 4.69) is 20.4 Å². The lowest BCUT2D eigenvalue weighted by Gasteiger charge is -2.33. The number of nitrogens with zero attached hydrogens (tertiary/aromatic N) is 5. The van der Waals surface area contributed by atoms with E-state index in [0.717, 1.165) is 36.9 Å². The second-order valence-corrected chi connectivity index (χ2v) is 8.37. The lowest BCUT2D eigenvalue weighted by atomic mass is 9.90. The van der Waals surface area contributed by atoms with E-state index >= 15 is 0 Å². The third-order valence-corrected chi connectivity index (χ3v) is 6.05. The van der Waals surface area contributed by atoms with E-state index in [9.17, 15) is 9.59 Å². The molecule has 168 valence electrons. The number of halogens is 1. The highest BCUT2D eigenvalue weighted by molar-refractivity contribution is 6.28. The summed E-state index contributed by atoms with van der Waals surface area (Å²) in [6, 6.07) is -0.581. The van der Waals surface area contributed by atoms with Crippen molar-refractivity contribution in [2.45, 2.75) is 59.0 Å². The third kappa shape index (κ3) is 5.72. The van der Waals surface area contributed by atoms with Crippen LogP contribution in [0.25, 0.3) is 0 Å². The number of nitrogens with one attached hydrogen (secondary N) is 1. The zero-order valence-electron chi connectivity index (χ0n) is 18.3. The molecule has 1 fully saturated rings. The van der Waals surface area contributed by atoms with Gasteiger partial charge < -0.3 is 16.0 Å². The van der Waals surface area contributed by atoms with Gasteiger partial charge in [0.15, 0.2) is 0 Å². The quantitative estimate of drug-likeness (QED) is 0.628. The zero-order valence-corrected chi connectivity index (χ0v) is 19.0. The van der Waals surface area contributed by atoms with Crippen LogP contribution in [0.2, 0.25) is 5.28 Å². The fraction of sp³-hybridized carbons (Fsp3) is 0.571. The Balaban J connectivity index is 1.46. The van der Waals surface area contributed by atoms with Gasteiger partial charge in [-0.2, -0.15) is 5.10 Å². The van der Waals surface area contributed by atoms with Gasteiger partial charge in [-0.3, -0.25) is 14.3 Å². The lowest BCUT2D eigenvalue weighted by Crippen LogP contribution is -2.49. The number of carbonyl (C=O) groups excluding carboxylic acids is 2. The Morgan fingerprint density at radius 1 is 1.32 bits per heavy atom. The molecule has 1 aliphatic heterocycles. The molecular formula is C21H30ClN7O2. The maximum absolute atomic E-state index is 12.8. The van der Waals surface area contributed by atoms with Crippen LogP contribution in [0, 0.1) is 12.8 Å². The van der Waals surface area contributed by atoms with Gasteiger partial charge in [0.25, 0.3) is 5.91 Å². The van der Waals surface area contributed by atoms with Gasteiger partial charge >= 0.3 is 0 Å². The first kappa shape index (κ1) is 23.0. The Kier molecular flexibility index (Phi) is 7.48. The van der Waals surface area contributed by atoms with Crippen LogP contribution in [-0.2, 0) is 17.8 Å². The molecule has 1 atom stereocenters.